The lowest BCUT2D eigenvalue weighted by atomic mass is 10.0. The molecule has 0 saturated carbocycles. The molecule has 116 valence electrons. The molecule has 1 N–H and O–H groups in total. The van der Waals surface area contributed by atoms with E-state index in [1.54, 1.807) is 10.5 Å². The topological polar surface area (TPSA) is 64.3 Å². The largest absolute Gasteiger partial charge is 0.344 e. The van der Waals surface area contributed by atoms with Gasteiger partial charge in [0, 0.05) is 23.9 Å². The van der Waals surface area contributed by atoms with Crippen molar-refractivity contribution in [3.05, 3.63) is 63.7 Å². The number of nitrogens with zero attached hydrogens (tertiary/aromatic N) is 3. The van der Waals surface area contributed by atoms with Crippen LogP contribution in [-0.4, -0.2) is 28.4 Å². The second kappa shape index (κ2) is 5.75. The lowest BCUT2D eigenvalue weighted by Gasteiger charge is -2.12. The van der Waals surface area contributed by atoms with Crippen molar-refractivity contribution in [3.8, 4) is 17.2 Å². The Bertz CT molecular complexity index is 959. The summed E-state index contributed by atoms with van der Waals surface area (Å²) in [6, 6.07) is 13.6. The Morgan fingerprint density at radius 3 is 2.57 bits per heavy atom. The van der Waals surface area contributed by atoms with Crippen LogP contribution in [0, 0.1) is 18.3 Å². The zero-order chi connectivity index (χ0) is 16.6. The van der Waals surface area contributed by atoms with Gasteiger partial charge in [-0.05, 0) is 26.6 Å². The van der Waals surface area contributed by atoms with Crippen LogP contribution in [0.3, 0.4) is 0 Å². The normalized spacial score (nSPS) is 11.1. The number of aromatic nitrogens is 2. The van der Waals surface area contributed by atoms with E-state index in [4.69, 9.17) is 0 Å². The second-order valence-electron chi connectivity index (χ2n) is 5.89. The zero-order valence-electron chi connectivity index (χ0n) is 13.4. The Balaban J connectivity index is 2.49. The first-order valence-electron chi connectivity index (χ1n) is 7.40. The predicted octanol–water partition coefficient (Wildman–Crippen LogP) is 2.54. The van der Waals surface area contributed by atoms with Crippen molar-refractivity contribution in [1.82, 2.24) is 14.3 Å². The van der Waals surface area contributed by atoms with Crippen molar-refractivity contribution in [1.29, 1.82) is 5.26 Å². The molecule has 0 aliphatic rings. The molecule has 2 aromatic heterocycles. The molecule has 0 spiro atoms. The Hall–Kier alpha value is -2.84. The van der Waals surface area contributed by atoms with Gasteiger partial charge in [-0.25, -0.2) is 0 Å². The number of H-pyrrole nitrogens is 1. The van der Waals surface area contributed by atoms with Gasteiger partial charge in [-0.15, -0.1) is 0 Å². The first-order chi connectivity index (χ1) is 11.0. The van der Waals surface area contributed by atoms with Crippen molar-refractivity contribution >= 4 is 5.65 Å². The van der Waals surface area contributed by atoms with E-state index < -0.39 is 0 Å². The molecular formula is C18H18N4O. The molecule has 0 bridgehead atoms. The molecule has 0 saturated heterocycles. The maximum absolute atomic E-state index is 12.5. The standard InChI is InChI=1S/C18H18N4O/c1-12-9-16(23)22-15(11-21(2)3)17(13-7-5-4-6-8-13)14(10-19)18(22)20-12/h4-9,20H,11H2,1-3H3. The van der Waals surface area contributed by atoms with Crippen molar-refractivity contribution in [3.63, 3.8) is 0 Å². The summed E-state index contributed by atoms with van der Waals surface area (Å²) in [4.78, 5) is 17.7. The van der Waals surface area contributed by atoms with Crippen molar-refractivity contribution in [2.45, 2.75) is 13.5 Å². The molecule has 1 aromatic carbocycles. The summed E-state index contributed by atoms with van der Waals surface area (Å²) in [5.74, 6) is 0. The summed E-state index contributed by atoms with van der Waals surface area (Å²) in [5, 5.41) is 9.71. The van der Waals surface area contributed by atoms with Crippen molar-refractivity contribution < 1.29 is 0 Å². The SMILES string of the molecule is Cc1cc(=O)n2c(CN(C)C)c(-c3ccccc3)c(C#N)c2[nH]1. The van der Waals surface area contributed by atoms with E-state index >= 15 is 0 Å². The van der Waals surface area contributed by atoms with Crippen molar-refractivity contribution in [2.24, 2.45) is 0 Å². The first-order valence-corrected chi connectivity index (χ1v) is 7.40. The maximum atomic E-state index is 12.5. The Kier molecular flexibility index (Phi) is 3.77. The van der Waals surface area contributed by atoms with Gasteiger partial charge in [0.15, 0.2) is 0 Å². The molecule has 3 rings (SSSR count). The molecule has 5 nitrogen and oxygen atoms in total. The summed E-state index contributed by atoms with van der Waals surface area (Å²) in [6.45, 7) is 2.39. The highest BCUT2D eigenvalue weighted by atomic mass is 16.1. The molecule has 0 amide bonds. The van der Waals surface area contributed by atoms with E-state index in [1.807, 2.05) is 56.3 Å². The smallest absolute Gasteiger partial charge is 0.258 e. The van der Waals surface area contributed by atoms with Gasteiger partial charge < -0.3 is 9.88 Å². The third kappa shape index (κ3) is 2.54. The number of rotatable bonds is 3. The van der Waals surface area contributed by atoms with E-state index in [9.17, 15) is 10.1 Å². The number of aromatic amines is 1. The average molecular weight is 306 g/mol. The minimum atomic E-state index is -0.119. The monoisotopic (exact) mass is 306 g/mol. The van der Waals surface area contributed by atoms with Gasteiger partial charge in [0.05, 0.1) is 5.69 Å². The van der Waals surface area contributed by atoms with E-state index in [0.717, 1.165) is 22.5 Å². The number of nitrogens with one attached hydrogen (secondary N) is 1. The maximum Gasteiger partial charge on any atom is 0.258 e. The first kappa shape index (κ1) is 15.1. The molecule has 5 heteroatoms. The highest BCUT2D eigenvalue weighted by Crippen LogP contribution is 2.31. The van der Waals surface area contributed by atoms with Gasteiger partial charge in [0.2, 0.25) is 0 Å². The van der Waals surface area contributed by atoms with Crippen molar-refractivity contribution in [2.75, 3.05) is 14.1 Å². The van der Waals surface area contributed by atoms with Gasteiger partial charge in [0.25, 0.3) is 5.56 Å². The number of benzene rings is 1. The van der Waals surface area contributed by atoms with E-state index in [1.165, 1.54) is 0 Å². The quantitative estimate of drug-likeness (QED) is 0.808. The van der Waals surface area contributed by atoms with Crippen LogP contribution in [0.5, 0.6) is 0 Å². The number of fused-ring (bicyclic) bond motifs is 1. The molecule has 0 atom stereocenters. The summed E-state index contributed by atoms with van der Waals surface area (Å²) in [6.07, 6.45) is 0. The summed E-state index contributed by atoms with van der Waals surface area (Å²) in [7, 11) is 3.89. The molecule has 0 aliphatic carbocycles. The van der Waals surface area contributed by atoms with Crippen LogP contribution in [-0.2, 0) is 6.54 Å². The van der Waals surface area contributed by atoms with Crippen LogP contribution >= 0.6 is 0 Å². The van der Waals surface area contributed by atoms with Crippen LogP contribution in [0.4, 0.5) is 0 Å². The van der Waals surface area contributed by atoms with Crippen LogP contribution in [0.25, 0.3) is 16.8 Å². The number of aryl methyl sites for hydroxylation is 1. The minimum absolute atomic E-state index is 0.119. The molecule has 0 aliphatic heterocycles. The lowest BCUT2D eigenvalue weighted by Crippen LogP contribution is -2.20. The van der Waals surface area contributed by atoms with E-state index in [2.05, 4.69) is 11.1 Å². The number of hydrogen-bond acceptors (Lipinski definition) is 3. The van der Waals surface area contributed by atoms with Gasteiger partial charge in [0.1, 0.15) is 17.3 Å². The highest BCUT2D eigenvalue weighted by molar-refractivity contribution is 5.81. The van der Waals surface area contributed by atoms with Gasteiger partial charge in [-0.2, -0.15) is 5.26 Å². The Morgan fingerprint density at radius 1 is 1.26 bits per heavy atom. The highest BCUT2D eigenvalue weighted by Gasteiger charge is 2.22. The third-order valence-corrected chi connectivity index (χ3v) is 3.79. The summed E-state index contributed by atoms with van der Waals surface area (Å²) < 4.78 is 1.62. The molecule has 23 heavy (non-hydrogen) atoms. The lowest BCUT2D eigenvalue weighted by molar-refractivity contribution is 0.395. The molecule has 2 heterocycles. The summed E-state index contributed by atoms with van der Waals surface area (Å²) in [5.41, 5.74) is 4.28. The molecule has 0 radical (unpaired) electrons. The van der Waals surface area contributed by atoms with E-state index in [0.29, 0.717) is 17.8 Å². The molecule has 0 unspecified atom stereocenters. The van der Waals surface area contributed by atoms with Crippen LogP contribution in [0.2, 0.25) is 0 Å². The predicted molar refractivity (Wildman–Crippen MR) is 90.3 cm³/mol. The number of hydrogen-bond donors (Lipinski definition) is 1. The van der Waals surface area contributed by atoms with Gasteiger partial charge in [-0.1, -0.05) is 30.3 Å². The number of nitriles is 1. The van der Waals surface area contributed by atoms with Gasteiger partial charge >= 0.3 is 0 Å². The summed E-state index contributed by atoms with van der Waals surface area (Å²) >= 11 is 0. The Labute approximate surface area is 134 Å². The van der Waals surface area contributed by atoms with Crippen LogP contribution in [0.15, 0.2) is 41.2 Å². The fourth-order valence-corrected chi connectivity index (χ4v) is 2.93. The Morgan fingerprint density at radius 2 is 1.96 bits per heavy atom. The second-order valence-corrected chi connectivity index (χ2v) is 5.89. The fraction of sp³-hybridized carbons (Fsp3) is 0.222. The van der Waals surface area contributed by atoms with Gasteiger partial charge in [-0.3, -0.25) is 9.20 Å². The zero-order valence-corrected chi connectivity index (χ0v) is 13.4. The fourth-order valence-electron chi connectivity index (χ4n) is 2.93. The average Bonchev–Trinajstić information content (AvgIpc) is 2.80. The van der Waals surface area contributed by atoms with Crippen LogP contribution in [0.1, 0.15) is 17.0 Å². The molecular weight excluding hydrogens is 288 g/mol. The molecule has 3 aromatic rings. The minimum Gasteiger partial charge on any atom is -0.344 e. The van der Waals surface area contributed by atoms with E-state index in [-0.39, 0.29) is 5.56 Å². The molecule has 0 fully saturated rings. The third-order valence-electron chi connectivity index (χ3n) is 3.79. The van der Waals surface area contributed by atoms with Crippen LogP contribution < -0.4 is 5.56 Å².